The van der Waals surface area contributed by atoms with E-state index in [4.69, 9.17) is 4.74 Å². The van der Waals surface area contributed by atoms with E-state index in [1.165, 1.54) is 0 Å². The van der Waals surface area contributed by atoms with E-state index in [1.807, 2.05) is 30.5 Å². The molecule has 0 spiro atoms. The third-order valence-corrected chi connectivity index (χ3v) is 4.94. The van der Waals surface area contributed by atoms with Gasteiger partial charge in [-0.3, -0.25) is 0 Å². The monoisotopic (exact) mass is 377 g/mol. The predicted octanol–water partition coefficient (Wildman–Crippen LogP) is 3.07. The summed E-state index contributed by atoms with van der Waals surface area (Å²) in [5.74, 6) is 0.336. The molecule has 0 aliphatic carbocycles. The number of anilines is 1. The van der Waals surface area contributed by atoms with Crippen molar-refractivity contribution in [2.45, 2.75) is 26.8 Å². The number of ether oxygens (including phenoxy) is 1. The van der Waals surface area contributed by atoms with Crippen LogP contribution in [0.4, 0.5) is 10.5 Å². The second kappa shape index (κ2) is 9.52. The lowest BCUT2D eigenvalue weighted by atomic mass is 9.95. The fourth-order valence-electron chi connectivity index (χ4n) is 2.98. The van der Waals surface area contributed by atoms with Crippen LogP contribution in [0, 0.1) is 0 Å². The van der Waals surface area contributed by atoms with Gasteiger partial charge in [0.05, 0.1) is 11.6 Å². The number of hydrogen-bond donors (Lipinski definition) is 2. The number of carbonyl (C=O) groups excluding carboxylic acids is 2. The quantitative estimate of drug-likeness (QED) is 0.538. The van der Waals surface area contributed by atoms with Crippen molar-refractivity contribution in [3.05, 3.63) is 41.1 Å². The molecule has 1 heterocycles. The molecule has 1 aromatic carbocycles. The number of nitrogens with one attached hydrogen (secondary N) is 2. The molecule has 0 radical (unpaired) electrons. The summed E-state index contributed by atoms with van der Waals surface area (Å²) < 4.78 is 5.36. The molecule has 1 atom stereocenters. The number of esters is 1. The van der Waals surface area contributed by atoms with E-state index in [1.54, 1.807) is 18.7 Å². The maximum Gasteiger partial charge on any atom is 0.338 e. The number of benzene rings is 1. The van der Waals surface area contributed by atoms with E-state index in [-0.39, 0.29) is 6.03 Å². The van der Waals surface area contributed by atoms with Gasteiger partial charge >= 0.3 is 12.0 Å². The molecule has 1 aliphatic rings. The average Bonchev–Trinajstić information content (AvgIpc) is 2.62. The standard InChI is InChI=1S/C19H27N3O3S/c1-5-22(6-2)15-9-7-14(8-10-15)17-16(13(3)20-19(24)21-17)18(23)25-11-12-26-4/h7-10,17H,5-6,11-12H2,1-4H3,(H2,20,21,24)/t17-/m0/s1. The summed E-state index contributed by atoms with van der Waals surface area (Å²) >= 11 is 1.61. The molecule has 6 nitrogen and oxygen atoms in total. The number of carbonyl (C=O) groups is 2. The summed E-state index contributed by atoms with van der Waals surface area (Å²) in [6.07, 6.45) is 1.96. The van der Waals surface area contributed by atoms with E-state index in [0.29, 0.717) is 17.9 Å². The van der Waals surface area contributed by atoms with Gasteiger partial charge in [-0.25, -0.2) is 9.59 Å². The number of rotatable bonds is 8. The van der Waals surface area contributed by atoms with Crippen LogP contribution in [-0.2, 0) is 9.53 Å². The summed E-state index contributed by atoms with van der Waals surface area (Å²) in [4.78, 5) is 26.7. The molecular formula is C19H27N3O3S. The van der Waals surface area contributed by atoms with Crippen molar-refractivity contribution in [3.63, 3.8) is 0 Å². The second-order valence-corrected chi connectivity index (χ2v) is 6.95. The lowest BCUT2D eigenvalue weighted by Crippen LogP contribution is -2.45. The molecular weight excluding hydrogens is 350 g/mol. The van der Waals surface area contributed by atoms with Crippen LogP contribution in [0.1, 0.15) is 32.4 Å². The van der Waals surface area contributed by atoms with E-state index < -0.39 is 12.0 Å². The van der Waals surface area contributed by atoms with Gasteiger partial charge in [-0.05, 0) is 44.7 Å². The van der Waals surface area contributed by atoms with Gasteiger partial charge in [-0.2, -0.15) is 11.8 Å². The molecule has 26 heavy (non-hydrogen) atoms. The maximum absolute atomic E-state index is 12.6. The molecule has 2 N–H and O–H groups in total. The van der Waals surface area contributed by atoms with Crippen molar-refractivity contribution in [3.8, 4) is 0 Å². The van der Waals surface area contributed by atoms with Crippen molar-refractivity contribution >= 4 is 29.4 Å². The third kappa shape index (κ3) is 4.72. The number of hydrogen-bond acceptors (Lipinski definition) is 5. The minimum absolute atomic E-state index is 0.319. The molecule has 7 heteroatoms. The number of allylic oxidation sites excluding steroid dienone is 1. The van der Waals surface area contributed by atoms with Gasteiger partial charge in [0, 0.05) is 30.2 Å². The highest BCUT2D eigenvalue weighted by atomic mass is 32.2. The fraction of sp³-hybridized carbons (Fsp3) is 0.474. The van der Waals surface area contributed by atoms with Crippen molar-refractivity contribution in [1.29, 1.82) is 0 Å². The first-order valence-corrected chi connectivity index (χ1v) is 10.2. The Morgan fingerprint density at radius 2 is 1.88 bits per heavy atom. The number of urea groups is 1. The lowest BCUT2D eigenvalue weighted by molar-refractivity contribution is -0.138. The molecule has 1 aliphatic heterocycles. The number of thioether (sulfide) groups is 1. The van der Waals surface area contributed by atoms with E-state index >= 15 is 0 Å². The molecule has 0 bridgehead atoms. The van der Waals surface area contributed by atoms with Crippen LogP contribution in [0.2, 0.25) is 0 Å². The molecule has 142 valence electrons. The summed E-state index contributed by atoms with van der Waals surface area (Å²) in [7, 11) is 0. The van der Waals surface area contributed by atoms with Gasteiger partial charge in [-0.1, -0.05) is 12.1 Å². The average molecular weight is 378 g/mol. The van der Waals surface area contributed by atoms with Crippen molar-refractivity contribution in [1.82, 2.24) is 10.6 Å². The highest BCUT2D eigenvalue weighted by Gasteiger charge is 2.32. The summed E-state index contributed by atoms with van der Waals surface area (Å²) in [6, 6.07) is 7.10. The third-order valence-electron chi connectivity index (χ3n) is 4.36. The number of nitrogens with zero attached hydrogens (tertiary/aromatic N) is 1. The molecule has 0 unspecified atom stereocenters. The topological polar surface area (TPSA) is 70.7 Å². The van der Waals surface area contributed by atoms with Crippen LogP contribution in [0.5, 0.6) is 0 Å². The van der Waals surface area contributed by atoms with Crippen LogP contribution < -0.4 is 15.5 Å². The molecule has 0 aromatic heterocycles. The first-order valence-electron chi connectivity index (χ1n) is 8.81. The van der Waals surface area contributed by atoms with E-state index in [0.717, 1.165) is 30.1 Å². The van der Waals surface area contributed by atoms with Crippen LogP contribution in [0.25, 0.3) is 0 Å². The van der Waals surface area contributed by atoms with Crippen LogP contribution >= 0.6 is 11.8 Å². The summed E-state index contributed by atoms with van der Waals surface area (Å²) in [5.41, 5.74) is 2.94. The van der Waals surface area contributed by atoms with Gasteiger partial charge in [-0.15, -0.1) is 0 Å². The minimum atomic E-state index is -0.517. The highest BCUT2D eigenvalue weighted by Crippen LogP contribution is 2.29. The molecule has 0 saturated carbocycles. The van der Waals surface area contributed by atoms with Crippen LogP contribution in [0.3, 0.4) is 0 Å². The minimum Gasteiger partial charge on any atom is -0.461 e. The van der Waals surface area contributed by atoms with Gasteiger partial charge in [0.15, 0.2) is 0 Å². The van der Waals surface area contributed by atoms with Gasteiger partial charge in [0.2, 0.25) is 0 Å². The van der Waals surface area contributed by atoms with Crippen LogP contribution in [-0.4, -0.2) is 43.7 Å². The Labute approximate surface area is 159 Å². The lowest BCUT2D eigenvalue weighted by Gasteiger charge is -2.29. The molecule has 0 saturated heterocycles. The number of amides is 2. The molecule has 2 amide bonds. The van der Waals surface area contributed by atoms with E-state index in [9.17, 15) is 9.59 Å². The van der Waals surface area contributed by atoms with Gasteiger partial charge in [0.1, 0.15) is 6.61 Å². The Morgan fingerprint density at radius 1 is 1.23 bits per heavy atom. The largest absolute Gasteiger partial charge is 0.461 e. The predicted molar refractivity (Wildman–Crippen MR) is 106 cm³/mol. The SMILES string of the molecule is CCN(CC)c1ccc([C@@H]2NC(=O)NC(C)=C2C(=O)OCCSC)cc1. The first kappa shape index (κ1) is 20.2. The van der Waals surface area contributed by atoms with Gasteiger partial charge in [0.25, 0.3) is 0 Å². The van der Waals surface area contributed by atoms with Crippen molar-refractivity contribution in [2.24, 2.45) is 0 Å². The van der Waals surface area contributed by atoms with Crippen molar-refractivity contribution < 1.29 is 14.3 Å². The Bertz CT molecular complexity index is 669. The summed E-state index contributed by atoms with van der Waals surface area (Å²) in [6.45, 7) is 8.13. The molecule has 1 aromatic rings. The summed E-state index contributed by atoms with van der Waals surface area (Å²) in [5, 5.41) is 5.50. The fourth-order valence-corrected chi connectivity index (χ4v) is 3.23. The molecule has 2 rings (SSSR count). The van der Waals surface area contributed by atoms with E-state index in [2.05, 4.69) is 29.4 Å². The van der Waals surface area contributed by atoms with Crippen molar-refractivity contribution in [2.75, 3.05) is 36.6 Å². The molecule has 0 fully saturated rings. The smallest absolute Gasteiger partial charge is 0.338 e. The highest BCUT2D eigenvalue weighted by molar-refractivity contribution is 7.98. The Balaban J connectivity index is 2.27. The van der Waals surface area contributed by atoms with Crippen LogP contribution in [0.15, 0.2) is 35.5 Å². The second-order valence-electron chi connectivity index (χ2n) is 5.96. The zero-order chi connectivity index (χ0) is 19.1. The normalized spacial score (nSPS) is 16.8. The first-order chi connectivity index (χ1) is 12.5. The van der Waals surface area contributed by atoms with Gasteiger partial charge < -0.3 is 20.3 Å². The Hall–Kier alpha value is -2.15. The Morgan fingerprint density at radius 3 is 2.46 bits per heavy atom. The zero-order valence-electron chi connectivity index (χ0n) is 15.8. The Kier molecular flexibility index (Phi) is 7.38. The maximum atomic E-state index is 12.6. The zero-order valence-corrected chi connectivity index (χ0v) is 16.6.